The monoisotopic (exact) mass is 595 g/mol. The average Bonchev–Trinajstić information content (AvgIpc) is 3.84. The van der Waals surface area contributed by atoms with Gasteiger partial charge in [0.1, 0.15) is 11.2 Å². The lowest BCUT2D eigenvalue weighted by atomic mass is 9.70. The molecule has 0 atom stereocenters. The predicted molar refractivity (Wildman–Crippen MR) is 193 cm³/mol. The molecule has 2 aliphatic carbocycles. The molecule has 0 saturated heterocycles. The molecule has 8 aromatic carbocycles. The maximum absolute atomic E-state index is 6.50. The first kappa shape index (κ1) is 24.2. The molecule has 10 aromatic rings. The molecule has 0 bridgehead atoms. The highest BCUT2D eigenvalue weighted by atomic mass is 16.3. The van der Waals surface area contributed by atoms with Gasteiger partial charge in [0.05, 0.1) is 16.4 Å². The van der Waals surface area contributed by atoms with E-state index in [4.69, 9.17) is 4.42 Å². The summed E-state index contributed by atoms with van der Waals surface area (Å²) in [7, 11) is 0. The van der Waals surface area contributed by atoms with Crippen molar-refractivity contribution < 1.29 is 4.42 Å². The van der Waals surface area contributed by atoms with E-state index >= 15 is 0 Å². The molecule has 2 aliphatic rings. The van der Waals surface area contributed by atoms with Crippen LogP contribution in [0.25, 0.3) is 82.5 Å². The summed E-state index contributed by atoms with van der Waals surface area (Å²) in [5.41, 5.74) is 15.8. The summed E-state index contributed by atoms with van der Waals surface area (Å²) in [4.78, 5) is 0. The molecular weight excluding hydrogens is 571 g/mol. The smallest absolute Gasteiger partial charge is 0.136 e. The van der Waals surface area contributed by atoms with Crippen LogP contribution in [-0.2, 0) is 5.41 Å². The quantitative estimate of drug-likeness (QED) is 0.173. The third-order valence-electron chi connectivity index (χ3n) is 11.2. The normalized spacial score (nSPS) is 14.1. The van der Waals surface area contributed by atoms with Gasteiger partial charge < -0.3 is 8.98 Å². The molecule has 0 unspecified atom stereocenters. The summed E-state index contributed by atoms with van der Waals surface area (Å²) in [6.07, 6.45) is 0. The zero-order chi connectivity index (χ0) is 30.4. The van der Waals surface area contributed by atoms with Crippen LogP contribution < -0.4 is 0 Å². The lowest BCUT2D eigenvalue weighted by Gasteiger charge is -2.30. The van der Waals surface area contributed by atoms with E-state index in [2.05, 4.69) is 156 Å². The van der Waals surface area contributed by atoms with E-state index in [9.17, 15) is 0 Å². The third kappa shape index (κ3) is 2.69. The number of benzene rings is 8. The highest BCUT2D eigenvalue weighted by Gasteiger charge is 2.51. The number of rotatable bonds is 1. The van der Waals surface area contributed by atoms with Crippen LogP contribution in [0.1, 0.15) is 22.3 Å². The Kier molecular flexibility index (Phi) is 4.20. The fraction of sp³-hybridized carbons (Fsp3) is 0.0222. The van der Waals surface area contributed by atoms with Crippen molar-refractivity contribution in [3.05, 3.63) is 174 Å². The standard InChI is InChI=1S/C45H25NO/c1-5-15-35-28(11-1)29-12-2-6-16-36(29)45(35)37-17-7-3-13-30(37)31-23-21-27(24-38(31)45)46-39-18-8-4-14-32(39)34-25-41-43-33(44(34)46)22-20-26-10-9-19-40(47-41)42(26)43/h1-25H. The summed E-state index contributed by atoms with van der Waals surface area (Å²) in [5, 5.41) is 7.30. The molecule has 0 radical (unpaired) electrons. The molecule has 47 heavy (non-hydrogen) atoms. The summed E-state index contributed by atoms with van der Waals surface area (Å²) in [6.45, 7) is 0. The van der Waals surface area contributed by atoms with Gasteiger partial charge in [-0.25, -0.2) is 0 Å². The minimum atomic E-state index is -0.384. The van der Waals surface area contributed by atoms with E-state index in [1.54, 1.807) is 0 Å². The van der Waals surface area contributed by atoms with Crippen molar-refractivity contribution in [2.45, 2.75) is 5.41 Å². The number of para-hydroxylation sites is 1. The minimum absolute atomic E-state index is 0.384. The van der Waals surface area contributed by atoms with E-state index in [0.717, 1.165) is 11.2 Å². The zero-order valence-corrected chi connectivity index (χ0v) is 25.3. The number of furan rings is 1. The van der Waals surface area contributed by atoms with Crippen molar-refractivity contribution in [3.63, 3.8) is 0 Å². The molecule has 0 amide bonds. The molecule has 2 nitrogen and oxygen atoms in total. The lowest BCUT2D eigenvalue weighted by Crippen LogP contribution is -2.26. The maximum atomic E-state index is 6.50. The molecule has 0 saturated carbocycles. The Balaban J connectivity index is 1.24. The Hall–Kier alpha value is -6.12. The second-order valence-corrected chi connectivity index (χ2v) is 13.2. The molecule has 0 N–H and O–H groups in total. The van der Waals surface area contributed by atoms with Gasteiger partial charge in [0.15, 0.2) is 0 Å². The molecular formula is C45H25NO. The molecule has 216 valence electrons. The van der Waals surface area contributed by atoms with Gasteiger partial charge in [0.25, 0.3) is 0 Å². The van der Waals surface area contributed by atoms with Crippen molar-refractivity contribution in [1.82, 2.24) is 4.57 Å². The van der Waals surface area contributed by atoms with Gasteiger partial charge in [-0.2, -0.15) is 0 Å². The Morgan fingerprint density at radius 3 is 1.83 bits per heavy atom. The lowest BCUT2D eigenvalue weighted by molar-refractivity contribution is 0.670. The van der Waals surface area contributed by atoms with Crippen LogP contribution in [-0.4, -0.2) is 4.57 Å². The largest absolute Gasteiger partial charge is 0.456 e. The van der Waals surface area contributed by atoms with Gasteiger partial charge in [-0.3, -0.25) is 0 Å². The van der Waals surface area contributed by atoms with Gasteiger partial charge in [-0.1, -0.05) is 121 Å². The number of hydrogen-bond donors (Lipinski definition) is 0. The van der Waals surface area contributed by atoms with Gasteiger partial charge in [-0.15, -0.1) is 0 Å². The SMILES string of the molecule is c1ccc2c(c1)-c1ccccc1C21c2ccccc2-c2ccc(-n3c4ccccc4c4cc5oc6cccc7ccc(c5c76)c43)cc21. The third-order valence-corrected chi connectivity index (χ3v) is 11.2. The fourth-order valence-electron chi connectivity index (χ4n) is 9.45. The van der Waals surface area contributed by atoms with Crippen molar-refractivity contribution >= 4 is 54.5 Å². The van der Waals surface area contributed by atoms with Crippen molar-refractivity contribution in [3.8, 4) is 27.9 Å². The molecule has 2 aromatic heterocycles. The number of nitrogens with zero attached hydrogens (tertiary/aromatic N) is 1. The molecule has 0 aliphatic heterocycles. The summed E-state index contributed by atoms with van der Waals surface area (Å²) in [6, 6.07) is 56.3. The van der Waals surface area contributed by atoms with Crippen molar-refractivity contribution in [1.29, 1.82) is 0 Å². The van der Waals surface area contributed by atoms with Crippen molar-refractivity contribution in [2.75, 3.05) is 0 Å². The predicted octanol–water partition coefficient (Wildman–Crippen LogP) is 11.6. The number of hydrogen-bond acceptors (Lipinski definition) is 1. The van der Waals surface area contributed by atoms with Crippen LogP contribution in [0.15, 0.2) is 156 Å². The Bertz CT molecular complexity index is 2910. The van der Waals surface area contributed by atoms with Crippen LogP contribution in [0.5, 0.6) is 0 Å². The summed E-state index contributed by atoms with van der Waals surface area (Å²) >= 11 is 0. The Labute approximate surface area is 270 Å². The van der Waals surface area contributed by atoms with Crippen molar-refractivity contribution in [2.24, 2.45) is 0 Å². The topological polar surface area (TPSA) is 18.1 Å². The van der Waals surface area contributed by atoms with Crippen LogP contribution in [0.4, 0.5) is 0 Å². The Morgan fingerprint density at radius 1 is 0.426 bits per heavy atom. The van der Waals surface area contributed by atoms with E-state index < -0.39 is 0 Å². The number of fused-ring (bicyclic) bond motifs is 14. The van der Waals surface area contributed by atoms with Crippen LogP contribution >= 0.6 is 0 Å². The Morgan fingerprint density at radius 2 is 1.09 bits per heavy atom. The first-order chi connectivity index (χ1) is 23.3. The zero-order valence-electron chi connectivity index (χ0n) is 25.3. The molecule has 2 heteroatoms. The first-order valence-corrected chi connectivity index (χ1v) is 16.4. The fourth-order valence-corrected chi connectivity index (χ4v) is 9.45. The highest BCUT2D eigenvalue weighted by Crippen LogP contribution is 2.63. The number of aromatic nitrogens is 1. The van der Waals surface area contributed by atoms with E-state index in [-0.39, 0.29) is 5.41 Å². The summed E-state index contributed by atoms with van der Waals surface area (Å²) < 4.78 is 9.00. The first-order valence-electron chi connectivity index (χ1n) is 16.4. The maximum Gasteiger partial charge on any atom is 0.136 e. The van der Waals surface area contributed by atoms with Crippen LogP contribution in [0, 0.1) is 0 Å². The minimum Gasteiger partial charge on any atom is -0.456 e. The van der Waals surface area contributed by atoms with Gasteiger partial charge in [0.2, 0.25) is 0 Å². The van der Waals surface area contributed by atoms with Gasteiger partial charge in [-0.05, 0) is 80.2 Å². The van der Waals surface area contributed by atoms with Gasteiger partial charge >= 0.3 is 0 Å². The molecule has 0 fully saturated rings. The second-order valence-electron chi connectivity index (χ2n) is 13.2. The van der Waals surface area contributed by atoms with E-state index in [0.29, 0.717) is 0 Å². The van der Waals surface area contributed by atoms with Gasteiger partial charge in [0, 0.05) is 32.6 Å². The van der Waals surface area contributed by atoms with E-state index in [1.807, 2.05) is 0 Å². The molecule has 12 rings (SSSR count). The molecule has 2 heterocycles. The van der Waals surface area contributed by atoms with Crippen LogP contribution in [0.3, 0.4) is 0 Å². The van der Waals surface area contributed by atoms with Crippen LogP contribution in [0.2, 0.25) is 0 Å². The molecule has 1 spiro atoms. The summed E-state index contributed by atoms with van der Waals surface area (Å²) in [5.74, 6) is 0. The highest BCUT2D eigenvalue weighted by molar-refractivity contribution is 6.30. The second kappa shape index (κ2) is 8.17. The van der Waals surface area contributed by atoms with E-state index in [1.165, 1.54) is 93.5 Å². The average molecular weight is 596 g/mol.